The van der Waals surface area contributed by atoms with E-state index in [0.717, 1.165) is 24.2 Å². The average Bonchev–Trinajstić information content (AvgIpc) is 3.21. The number of hydrogen-bond acceptors (Lipinski definition) is 2. The lowest BCUT2D eigenvalue weighted by atomic mass is 9.84. The van der Waals surface area contributed by atoms with E-state index in [1.54, 1.807) is 0 Å². The van der Waals surface area contributed by atoms with E-state index >= 15 is 0 Å². The van der Waals surface area contributed by atoms with Gasteiger partial charge in [0.05, 0.1) is 0 Å². The van der Waals surface area contributed by atoms with E-state index < -0.39 is 0 Å². The Balaban J connectivity index is 1.32. The number of unbranched alkanes of at least 4 members (excludes halogenated alkanes) is 16. The highest BCUT2D eigenvalue weighted by Crippen LogP contribution is 2.33. The standard InChI is InChI=1S/C53H78N2/c1-4-7-9-11-13-15-17-19-21-23-52(48-33-37-50(54)38-34-48)46-29-25-44(26-30-46)41-43(6-3)42-45-27-31-47(32-28-45)53(49-35-39-51(55)40-36-49)24-22-20-18-16-14-12-10-8-5-2/h25-40,43,52-53H,4-24,41-42,54-55H2,1-3H3. The van der Waals surface area contributed by atoms with Crippen molar-refractivity contribution in [3.63, 3.8) is 0 Å². The first-order valence-electron chi connectivity index (χ1n) is 22.9. The molecule has 0 aliphatic rings. The molecule has 4 rings (SSSR count). The molecule has 4 N–H and O–H groups in total. The van der Waals surface area contributed by atoms with E-state index in [1.165, 1.54) is 168 Å². The maximum atomic E-state index is 6.09. The first kappa shape index (κ1) is 44.2. The minimum absolute atomic E-state index is 0.428. The Morgan fingerprint density at radius 3 is 0.909 bits per heavy atom. The Bertz CT molecular complexity index is 1400. The van der Waals surface area contributed by atoms with Crippen LogP contribution in [0.4, 0.5) is 11.4 Å². The summed E-state index contributed by atoms with van der Waals surface area (Å²) in [6.07, 6.45) is 30.4. The Morgan fingerprint density at radius 1 is 0.345 bits per heavy atom. The normalized spacial score (nSPS) is 13.1. The number of benzene rings is 4. The van der Waals surface area contributed by atoms with E-state index in [1.807, 2.05) is 0 Å². The minimum Gasteiger partial charge on any atom is -0.399 e. The average molecular weight is 743 g/mol. The topological polar surface area (TPSA) is 52.0 Å². The van der Waals surface area contributed by atoms with E-state index in [2.05, 4.69) is 118 Å². The predicted molar refractivity (Wildman–Crippen MR) is 243 cm³/mol. The van der Waals surface area contributed by atoms with Crippen LogP contribution in [0.5, 0.6) is 0 Å². The van der Waals surface area contributed by atoms with Crippen molar-refractivity contribution in [3.8, 4) is 0 Å². The van der Waals surface area contributed by atoms with Crippen LogP contribution in [0.15, 0.2) is 97.1 Å². The smallest absolute Gasteiger partial charge is 0.0314 e. The molecule has 4 aromatic carbocycles. The van der Waals surface area contributed by atoms with Crippen LogP contribution in [0.25, 0.3) is 0 Å². The molecule has 0 heterocycles. The second kappa shape index (κ2) is 26.4. The molecule has 0 radical (unpaired) electrons. The second-order valence-electron chi connectivity index (χ2n) is 16.8. The van der Waals surface area contributed by atoms with Crippen LogP contribution < -0.4 is 11.5 Å². The summed E-state index contributed by atoms with van der Waals surface area (Å²) in [6, 6.07) is 36.6. The highest BCUT2D eigenvalue weighted by molar-refractivity contribution is 5.44. The van der Waals surface area contributed by atoms with Crippen LogP contribution in [-0.4, -0.2) is 0 Å². The summed E-state index contributed by atoms with van der Waals surface area (Å²) in [5, 5.41) is 0. The zero-order valence-corrected chi connectivity index (χ0v) is 35.4. The van der Waals surface area contributed by atoms with E-state index in [4.69, 9.17) is 11.5 Å². The van der Waals surface area contributed by atoms with Gasteiger partial charge in [-0.15, -0.1) is 0 Å². The summed E-state index contributed by atoms with van der Waals surface area (Å²) >= 11 is 0. The summed E-state index contributed by atoms with van der Waals surface area (Å²) < 4.78 is 0. The van der Waals surface area contributed by atoms with Crippen molar-refractivity contribution in [2.45, 2.75) is 180 Å². The molecule has 4 aromatic rings. The largest absolute Gasteiger partial charge is 0.399 e. The van der Waals surface area contributed by atoms with Crippen molar-refractivity contribution in [1.82, 2.24) is 0 Å². The predicted octanol–water partition coefficient (Wildman–Crippen LogP) is 15.8. The maximum absolute atomic E-state index is 6.09. The molecule has 0 fully saturated rings. The molecule has 0 aromatic heterocycles. The summed E-state index contributed by atoms with van der Waals surface area (Å²) in [6.45, 7) is 6.95. The number of anilines is 2. The van der Waals surface area contributed by atoms with Crippen molar-refractivity contribution in [2.75, 3.05) is 11.5 Å². The molecule has 0 aliphatic heterocycles. The third-order valence-electron chi connectivity index (χ3n) is 12.3. The quantitative estimate of drug-likeness (QED) is 0.0430. The van der Waals surface area contributed by atoms with Crippen LogP contribution in [-0.2, 0) is 12.8 Å². The van der Waals surface area contributed by atoms with Gasteiger partial charge in [0.1, 0.15) is 0 Å². The Kier molecular flexibility index (Phi) is 21.2. The number of nitrogen functional groups attached to an aromatic ring is 2. The molecule has 0 saturated carbocycles. The number of rotatable bonds is 29. The van der Waals surface area contributed by atoms with Gasteiger partial charge in [-0.3, -0.25) is 0 Å². The fraction of sp³-hybridized carbons (Fsp3) is 0.547. The van der Waals surface area contributed by atoms with Crippen molar-refractivity contribution in [1.29, 1.82) is 0 Å². The molecule has 0 spiro atoms. The highest BCUT2D eigenvalue weighted by Gasteiger charge is 2.17. The molecule has 0 bridgehead atoms. The van der Waals surface area contributed by atoms with Crippen LogP contribution in [0.1, 0.15) is 201 Å². The summed E-state index contributed by atoms with van der Waals surface area (Å²) in [4.78, 5) is 0. The fourth-order valence-electron chi connectivity index (χ4n) is 8.63. The Morgan fingerprint density at radius 2 is 0.618 bits per heavy atom. The monoisotopic (exact) mass is 743 g/mol. The lowest BCUT2D eigenvalue weighted by Crippen LogP contribution is -2.08. The first-order valence-corrected chi connectivity index (χ1v) is 22.9. The third-order valence-corrected chi connectivity index (χ3v) is 12.3. The van der Waals surface area contributed by atoms with Crippen LogP contribution in [0.2, 0.25) is 0 Å². The first-order chi connectivity index (χ1) is 27.0. The molecule has 2 nitrogen and oxygen atoms in total. The second-order valence-corrected chi connectivity index (χ2v) is 16.8. The summed E-state index contributed by atoms with van der Waals surface area (Å²) in [5.41, 5.74) is 22.4. The van der Waals surface area contributed by atoms with E-state index in [-0.39, 0.29) is 0 Å². The maximum Gasteiger partial charge on any atom is 0.0314 e. The summed E-state index contributed by atoms with van der Waals surface area (Å²) in [7, 11) is 0. The van der Waals surface area contributed by atoms with Crippen molar-refractivity contribution in [3.05, 3.63) is 130 Å². The van der Waals surface area contributed by atoms with E-state index in [0.29, 0.717) is 17.8 Å². The van der Waals surface area contributed by atoms with Gasteiger partial charge in [0.2, 0.25) is 0 Å². The Labute approximate surface area is 338 Å². The fourth-order valence-corrected chi connectivity index (χ4v) is 8.63. The van der Waals surface area contributed by atoms with Gasteiger partial charge in [-0.25, -0.2) is 0 Å². The van der Waals surface area contributed by atoms with Crippen molar-refractivity contribution >= 4 is 11.4 Å². The Hall–Kier alpha value is -3.52. The summed E-state index contributed by atoms with van der Waals surface area (Å²) in [5.74, 6) is 1.48. The van der Waals surface area contributed by atoms with Crippen LogP contribution in [0.3, 0.4) is 0 Å². The van der Waals surface area contributed by atoms with Gasteiger partial charge >= 0.3 is 0 Å². The number of hydrogen-bond donors (Lipinski definition) is 2. The molecule has 0 aliphatic carbocycles. The van der Waals surface area contributed by atoms with Gasteiger partial charge in [-0.2, -0.15) is 0 Å². The molecule has 300 valence electrons. The molecular formula is C53H78N2. The molecule has 0 saturated heterocycles. The zero-order valence-electron chi connectivity index (χ0n) is 35.4. The zero-order chi connectivity index (χ0) is 38.9. The van der Waals surface area contributed by atoms with Gasteiger partial charge in [0, 0.05) is 23.2 Å². The lowest BCUT2D eigenvalue weighted by Gasteiger charge is -2.21. The molecule has 2 unspecified atom stereocenters. The van der Waals surface area contributed by atoms with Gasteiger partial charge in [-0.1, -0.05) is 216 Å². The third kappa shape index (κ3) is 16.6. The molecule has 2 heteroatoms. The highest BCUT2D eigenvalue weighted by atomic mass is 14.5. The van der Waals surface area contributed by atoms with Crippen LogP contribution in [0, 0.1) is 5.92 Å². The number of nitrogens with two attached hydrogens (primary N) is 2. The SMILES string of the molecule is CCCCCCCCCCCC(c1ccc(N)cc1)c1ccc(CC(CC)Cc2ccc(C(CCCCCCCCCCC)c3ccc(N)cc3)cc2)cc1. The van der Waals surface area contributed by atoms with E-state index in [9.17, 15) is 0 Å². The van der Waals surface area contributed by atoms with Crippen molar-refractivity contribution in [2.24, 2.45) is 5.92 Å². The van der Waals surface area contributed by atoms with Gasteiger partial charge in [-0.05, 0) is 89.2 Å². The molecule has 2 atom stereocenters. The van der Waals surface area contributed by atoms with Crippen molar-refractivity contribution < 1.29 is 0 Å². The molecule has 55 heavy (non-hydrogen) atoms. The lowest BCUT2D eigenvalue weighted by molar-refractivity contribution is 0.504. The van der Waals surface area contributed by atoms with Gasteiger partial charge in [0.25, 0.3) is 0 Å². The minimum atomic E-state index is 0.428. The molecule has 0 amide bonds. The van der Waals surface area contributed by atoms with Gasteiger partial charge < -0.3 is 11.5 Å². The van der Waals surface area contributed by atoms with Gasteiger partial charge in [0.15, 0.2) is 0 Å². The van der Waals surface area contributed by atoms with Crippen LogP contribution >= 0.6 is 0 Å². The molecular weight excluding hydrogens is 665 g/mol.